The quantitative estimate of drug-likeness (QED) is 0.607. The SMILES string of the molecule is CC(=O)c1nn(CC(=O)N2CC(F)C[C@H]2C=O)c2cc(C(C)C)ccc12. The summed E-state index contributed by atoms with van der Waals surface area (Å²) in [4.78, 5) is 36.9. The third-order valence-electron chi connectivity index (χ3n) is 4.83. The lowest BCUT2D eigenvalue weighted by atomic mass is 10.0. The number of benzene rings is 1. The second kappa shape index (κ2) is 6.97. The zero-order valence-corrected chi connectivity index (χ0v) is 15.1. The molecule has 1 aliphatic heterocycles. The maximum atomic E-state index is 13.6. The van der Waals surface area contributed by atoms with Crippen LogP contribution in [0.4, 0.5) is 4.39 Å². The number of aldehydes is 1. The number of rotatable bonds is 5. The number of hydrogen-bond donors (Lipinski definition) is 0. The lowest BCUT2D eigenvalue weighted by molar-refractivity contribution is -0.135. The molecule has 1 aromatic carbocycles. The van der Waals surface area contributed by atoms with Gasteiger partial charge < -0.3 is 9.69 Å². The van der Waals surface area contributed by atoms with E-state index in [1.807, 2.05) is 18.2 Å². The fourth-order valence-electron chi connectivity index (χ4n) is 3.38. The summed E-state index contributed by atoms with van der Waals surface area (Å²) < 4.78 is 15.1. The van der Waals surface area contributed by atoms with Gasteiger partial charge in [0, 0.05) is 18.7 Å². The summed E-state index contributed by atoms with van der Waals surface area (Å²) in [6.45, 7) is 5.32. The molecule has 138 valence electrons. The van der Waals surface area contributed by atoms with Gasteiger partial charge in [-0.1, -0.05) is 26.0 Å². The summed E-state index contributed by atoms with van der Waals surface area (Å²) in [6, 6.07) is 4.98. The van der Waals surface area contributed by atoms with Crippen LogP contribution in [-0.4, -0.2) is 51.4 Å². The molecule has 1 saturated heterocycles. The topological polar surface area (TPSA) is 72.3 Å². The van der Waals surface area contributed by atoms with Gasteiger partial charge in [-0.05, 0) is 17.5 Å². The highest BCUT2D eigenvalue weighted by Crippen LogP contribution is 2.25. The molecule has 2 aromatic rings. The van der Waals surface area contributed by atoms with Crippen LogP contribution in [-0.2, 0) is 16.1 Å². The van der Waals surface area contributed by atoms with Gasteiger partial charge in [0.2, 0.25) is 5.91 Å². The number of carbonyl (C=O) groups excluding carboxylic acids is 3. The average molecular weight is 359 g/mol. The molecule has 2 heterocycles. The minimum Gasteiger partial charge on any atom is -0.328 e. The third-order valence-corrected chi connectivity index (χ3v) is 4.83. The molecule has 0 N–H and O–H groups in total. The van der Waals surface area contributed by atoms with Crippen molar-refractivity contribution < 1.29 is 18.8 Å². The Balaban J connectivity index is 1.98. The fraction of sp³-hybridized carbons (Fsp3) is 0.474. The number of carbonyl (C=O) groups is 3. The van der Waals surface area contributed by atoms with Gasteiger partial charge in [0.1, 0.15) is 24.7 Å². The van der Waals surface area contributed by atoms with Crippen LogP contribution in [0.5, 0.6) is 0 Å². The summed E-state index contributed by atoms with van der Waals surface area (Å²) in [5, 5.41) is 4.99. The van der Waals surface area contributed by atoms with Crippen molar-refractivity contribution in [3.63, 3.8) is 0 Å². The van der Waals surface area contributed by atoms with Crippen molar-refractivity contribution in [2.45, 2.75) is 51.9 Å². The molecule has 0 bridgehead atoms. The largest absolute Gasteiger partial charge is 0.328 e. The molecule has 26 heavy (non-hydrogen) atoms. The van der Waals surface area contributed by atoms with Gasteiger partial charge in [-0.15, -0.1) is 0 Å². The maximum absolute atomic E-state index is 13.6. The highest BCUT2D eigenvalue weighted by molar-refractivity contribution is 6.05. The minimum absolute atomic E-state index is 0.0330. The molecule has 2 atom stereocenters. The summed E-state index contributed by atoms with van der Waals surface area (Å²) in [7, 11) is 0. The Labute approximate surface area is 151 Å². The minimum atomic E-state index is -1.19. The predicted octanol–water partition coefficient (Wildman–Crippen LogP) is 2.50. The van der Waals surface area contributed by atoms with E-state index in [1.165, 1.54) is 16.5 Å². The van der Waals surface area contributed by atoms with Crippen LogP contribution in [0.25, 0.3) is 10.9 Å². The van der Waals surface area contributed by atoms with Crippen LogP contribution in [0.15, 0.2) is 18.2 Å². The number of likely N-dealkylation sites (tertiary alicyclic amines) is 1. The number of Topliss-reactive ketones (excluding diaryl/α,β-unsaturated/α-hetero) is 1. The number of aromatic nitrogens is 2. The molecule has 7 heteroatoms. The van der Waals surface area contributed by atoms with Gasteiger partial charge in [-0.25, -0.2) is 4.39 Å². The van der Waals surface area contributed by atoms with Crippen LogP contribution in [0.1, 0.15) is 49.2 Å². The van der Waals surface area contributed by atoms with E-state index in [1.54, 1.807) is 0 Å². The first kappa shape index (κ1) is 18.2. The number of amides is 1. The number of ketones is 1. The van der Waals surface area contributed by atoms with Crippen LogP contribution in [0.3, 0.4) is 0 Å². The second-order valence-corrected chi connectivity index (χ2v) is 7.08. The predicted molar refractivity (Wildman–Crippen MR) is 94.9 cm³/mol. The highest BCUT2D eigenvalue weighted by atomic mass is 19.1. The molecule has 1 aromatic heterocycles. The Kier molecular flexibility index (Phi) is 4.89. The zero-order valence-electron chi connectivity index (χ0n) is 15.1. The number of alkyl halides is 1. The van der Waals surface area contributed by atoms with Gasteiger partial charge in [0.25, 0.3) is 0 Å². The van der Waals surface area contributed by atoms with Gasteiger partial charge in [0.05, 0.1) is 18.1 Å². The molecule has 0 aliphatic carbocycles. The first-order valence-electron chi connectivity index (χ1n) is 8.72. The van der Waals surface area contributed by atoms with E-state index >= 15 is 0 Å². The van der Waals surface area contributed by atoms with Gasteiger partial charge >= 0.3 is 0 Å². The number of fused-ring (bicyclic) bond motifs is 1. The summed E-state index contributed by atoms with van der Waals surface area (Å²) in [5.74, 6) is -0.282. The molecule has 0 radical (unpaired) electrons. The Morgan fingerprint density at radius 3 is 2.73 bits per heavy atom. The molecule has 6 nitrogen and oxygen atoms in total. The molecule has 0 saturated carbocycles. The monoisotopic (exact) mass is 359 g/mol. The van der Waals surface area contributed by atoms with Crippen LogP contribution in [0.2, 0.25) is 0 Å². The Morgan fingerprint density at radius 2 is 2.12 bits per heavy atom. The zero-order chi connectivity index (χ0) is 19.0. The van der Waals surface area contributed by atoms with E-state index < -0.39 is 12.2 Å². The smallest absolute Gasteiger partial charge is 0.245 e. The van der Waals surface area contributed by atoms with Crippen LogP contribution >= 0.6 is 0 Å². The van der Waals surface area contributed by atoms with E-state index in [0.29, 0.717) is 22.9 Å². The van der Waals surface area contributed by atoms with Crippen molar-refractivity contribution in [2.75, 3.05) is 6.54 Å². The molecule has 1 unspecified atom stereocenters. The number of nitrogens with zero attached hydrogens (tertiary/aromatic N) is 3. The summed E-state index contributed by atoms with van der Waals surface area (Å²) >= 11 is 0. The molecule has 0 spiro atoms. The van der Waals surface area contributed by atoms with Crippen molar-refractivity contribution in [3.05, 3.63) is 29.5 Å². The second-order valence-electron chi connectivity index (χ2n) is 7.08. The fourth-order valence-corrected chi connectivity index (χ4v) is 3.38. The molecule has 1 aliphatic rings. The van der Waals surface area contributed by atoms with Crippen molar-refractivity contribution in [3.8, 4) is 0 Å². The van der Waals surface area contributed by atoms with Crippen LogP contribution < -0.4 is 0 Å². The molecule has 3 rings (SSSR count). The van der Waals surface area contributed by atoms with Crippen molar-refractivity contribution in [2.24, 2.45) is 0 Å². The van der Waals surface area contributed by atoms with E-state index in [0.717, 1.165) is 5.56 Å². The van der Waals surface area contributed by atoms with Crippen molar-refractivity contribution >= 4 is 28.9 Å². The lowest BCUT2D eigenvalue weighted by Gasteiger charge is -2.20. The molecular weight excluding hydrogens is 337 g/mol. The highest BCUT2D eigenvalue weighted by Gasteiger charge is 2.35. The van der Waals surface area contributed by atoms with Gasteiger partial charge in [0.15, 0.2) is 5.78 Å². The molecule has 1 fully saturated rings. The van der Waals surface area contributed by atoms with E-state index in [2.05, 4.69) is 18.9 Å². The Bertz CT molecular complexity index is 874. The summed E-state index contributed by atoms with van der Waals surface area (Å²) in [6.07, 6.45) is -0.550. The third kappa shape index (κ3) is 3.25. The summed E-state index contributed by atoms with van der Waals surface area (Å²) in [5.41, 5.74) is 2.06. The number of hydrogen-bond acceptors (Lipinski definition) is 4. The molecule has 1 amide bonds. The van der Waals surface area contributed by atoms with Gasteiger partial charge in [-0.3, -0.25) is 14.3 Å². The standard InChI is InChI=1S/C19H22FN3O3/c1-11(2)13-4-5-16-17(6-13)23(21-19(16)12(3)25)9-18(26)22-8-14(20)7-15(22)10-24/h4-6,10-11,14-15H,7-9H2,1-3H3/t14?,15-/m0/s1. The number of halogens is 1. The first-order chi connectivity index (χ1) is 12.3. The Hall–Kier alpha value is -2.57. The average Bonchev–Trinajstić information content (AvgIpc) is 3.15. The van der Waals surface area contributed by atoms with Crippen molar-refractivity contribution in [1.82, 2.24) is 14.7 Å². The first-order valence-corrected chi connectivity index (χ1v) is 8.72. The van der Waals surface area contributed by atoms with Crippen molar-refractivity contribution in [1.29, 1.82) is 0 Å². The van der Waals surface area contributed by atoms with Crippen LogP contribution in [0, 0.1) is 0 Å². The normalized spacial score (nSPS) is 20.1. The Morgan fingerprint density at radius 1 is 1.38 bits per heavy atom. The molecular formula is C19H22FN3O3. The maximum Gasteiger partial charge on any atom is 0.245 e. The van der Waals surface area contributed by atoms with Gasteiger partial charge in [-0.2, -0.15) is 5.10 Å². The van der Waals surface area contributed by atoms with E-state index in [4.69, 9.17) is 0 Å². The van der Waals surface area contributed by atoms with E-state index in [9.17, 15) is 18.8 Å². The van der Waals surface area contributed by atoms with E-state index in [-0.39, 0.29) is 37.1 Å². The lowest BCUT2D eigenvalue weighted by Crippen LogP contribution is -2.39.